The predicted octanol–water partition coefficient (Wildman–Crippen LogP) is 2.01. The van der Waals surface area contributed by atoms with Crippen LogP contribution in [0, 0.1) is 0 Å². The van der Waals surface area contributed by atoms with Gasteiger partial charge in [0.25, 0.3) is 5.91 Å². The molecule has 0 bridgehead atoms. The molecule has 3 N–H and O–H groups in total. The molecule has 1 heterocycles. The van der Waals surface area contributed by atoms with Crippen LogP contribution >= 0.6 is 28.1 Å². The van der Waals surface area contributed by atoms with Crippen LogP contribution < -0.4 is 25.4 Å². The number of rotatable bonds is 4. The first-order valence-electron chi connectivity index (χ1n) is 6.84. The van der Waals surface area contributed by atoms with Crippen LogP contribution in [-0.4, -0.2) is 32.3 Å². The summed E-state index contributed by atoms with van der Waals surface area (Å²) >= 11 is 8.70. The Morgan fingerprint density at radius 3 is 2.52 bits per heavy atom. The van der Waals surface area contributed by atoms with Gasteiger partial charge < -0.3 is 25.4 Å². The molecule has 0 saturated carbocycles. The number of carbonyl (C=O) groups excluding carboxylic acids is 1. The van der Waals surface area contributed by atoms with Crippen LogP contribution in [0.5, 0.6) is 11.5 Å². The predicted molar refractivity (Wildman–Crippen MR) is 95.6 cm³/mol. The molecule has 0 saturated heterocycles. The number of hydrogen-bond donors (Lipinski definition) is 3. The van der Waals surface area contributed by atoms with Crippen molar-refractivity contribution in [2.45, 2.75) is 13.0 Å². The van der Waals surface area contributed by atoms with Gasteiger partial charge >= 0.3 is 0 Å². The van der Waals surface area contributed by atoms with E-state index in [4.69, 9.17) is 21.7 Å². The van der Waals surface area contributed by atoms with Crippen LogP contribution in [0.15, 0.2) is 27.9 Å². The highest BCUT2D eigenvalue weighted by Crippen LogP contribution is 2.39. The fourth-order valence-electron chi connectivity index (χ4n) is 2.47. The molecule has 124 valence electrons. The van der Waals surface area contributed by atoms with Crippen LogP contribution in [-0.2, 0) is 4.79 Å². The monoisotopic (exact) mass is 399 g/mol. The lowest BCUT2D eigenvalue weighted by Gasteiger charge is -2.31. The summed E-state index contributed by atoms with van der Waals surface area (Å²) in [5.74, 6) is 1.05. The molecule has 0 fully saturated rings. The van der Waals surface area contributed by atoms with E-state index in [0.29, 0.717) is 27.9 Å². The van der Waals surface area contributed by atoms with Gasteiger partial charge in [0.15, 0.2) is 5.11 Å². The minimum absolute atomic E-state index is 0.191. The Kier molecular flexibility index (Phi) is 5.48. The second kappa shape index (κ2) is 7.18. The van der Waals surface area contributed by atoms with Crippen molar-refractivity contribution in [3.05, 3.63) is 33.4 Å². The fourth-order valence-corrected chi connectivity index (χ4v) is 3.27. The number of methoxy groups -OCH3 is 2. The molecule has 8 heteroatoms. The van der Waals surface area contributed by atoms with E-state index in [-0.39, 0.29) is 5.91 Å². The Bertz CT molecular complexity index is 691. The summed E-state index contributed by atoms with van der Waals surface area (Å²) in [4.78, 5) is 12.3. The molecule has 23 heavy (non-hydrogen) atoms. The molecule has 1 unspecified atom stereocenters. The molecule has 0 aliphatic carbocycles. The fraction of sp³-hybridized carbons (Fsp3) is 0.333. The summed E-state index contributed by atoms with van der Waals surface area (Å²) in [6.45, 7) is 1.82. The van der Waals surface area contributed by atoms with Gasteiger partial charge in [0.2, 0.25) is 0 Å². The zero-order valence-corrected chi connectivity index (χ0v) is 15.6. The van der Waals surface area contributed by atoms with E-state index >= 15 is 0 Å². The highest BCUT2D eigenvalue weighted by atomic mass is 79.9. The topological polar surface area (TPSA) is 71.6 Å². The van der Waals surface area contributed by atoms with Crippen molar-refractivity contribution >= 4 is 39.2 Å². The molecule has 1 aliphatic heterocycles. The SMILES string of the molecule is CNC(=O)C1=C(C)NC(=S)NC1c1cc(Br)c(OC)cc1OC. The molecule has 6 nitrogen and oxygen atoms in total. The van der Waals surface area contributed by atoms with Crippen LogP contribution in [0.4, 0.5) is 0 Å². The lowest BCUT2D eigenvalue weighted by molar-refractivity contribution is -0.117. The van der Waals surface area contributed by atoms with Gasteiger partial charge in [0.1, 0.15) is 11.5 Å². The number of benzene rings is 1. The van der Waals surface area contributed by atoms with Crippen LogP contribution in [0.25, 0.3) is 0 Å². The van der Waals surface area contributed by atoms with Crippen molar-refractivity contribution in [1.29, 1.82) is 0 Å². The average Bonchev–Trinajstić information content (AvgIpc) is 2.53. The quantitative estimate of drug-likeness (QED) is 0.672. The zero-order chi connectivity index (χ0) is 17.1. The van der Waals surface area contributed by atoms with Gasteiger partial charge in [-0.05, 0) is 41.1 Å². The molecular weight excluding hydrogens is 382 g/mol. The number of thiocarbonyl (C=S) groups is 1. The maximum Gasteiger partial charge on any atom is 0.251 e. The lowest BCUT2D eigenvalue weighted by atomic mass is 9.94. The summed E-state index contributed by atoms with van der Waals surface area (Å²) in [6, 6.07) is 3.20. The van der Waals surface area contributed by atoms with Crippen molar-refractivity contribution in [1.82, 2.24) is 16.0 Å². The number of ether oxygens (including phenoxy) is 2. The van der Waals surface area contributed by atoms with Gasteiger partial charge in [0, 0.05) is 24.4 Å². The first-order valence-corrected chi connectivity index (χ1v) is 8.04. The first kappa shape index (κ1) is 17.6. The first-order chi connectivity index (χ1) is 10.9. The van der Waals surface area contributed by atoms with E-state index in [1.165, 1.54) is 0 Å². The Hall–Kier alpha value is -1.80. The molecule has 0 radical (unpaired) electrons. The Morgan fingerprint density at radius 1 is 1.30 bits per heavy atom. The molecule has 0 spiro atoms. The van der Waals surface area contributed by atoms with Crippen molar-refractivity contribution < 1.29 is 14.3 Å². The summed E-state index contributed by atoms with van der Waals surface area (Å²) in [5.41, 5.74) is 2.03. The maximum absolute atomic E-state index is 12.3. The van der Waals surface area contributed by atoms with Crippen molar-refractivity contribution in [2.75, 3.05) is 21.3 Å². The normalized spacial score (nSPS) is 17.3. The van der Waals surface area contributed by atoms with Crippen molar-refractivity contribution in [2.24, 2.45) is 0 Å². The third-order valence-electron chi connectivity index (χ3n) is 3.56. The molecule has 1 aliphatic rings. The van der Waals surface area contributed by atoms with E-state index < -0.39 is 6.04 Å². The third-order valence-corrected chi connectivity index (χ3v) is 4.40. The Balaban J connectivity index is 2.62. The van der Waals surface area contributed by atoms with Crippen LogP contribution in [0.2, 0.25) is 0 Å². The standard InChI is InChI=1S/C15H18BrN3O3S/c1-7-12(14(20)17-2)13(19-15(23)18-7)8-5-9(16)11(22-4)6-10(8)21-3/h5-6,13H,1-4H3,(H,17,20)(H2,18,19,23). The van der Waals surface area contributed by atoms with Gasteiger partial charge in [-0.15, -0.1) is 0 Å². The lowest BCUT2D eigenvalue weighted by Crippen LogP contribution is -2.46. The zero-order valence-electron chi connectivity index (χ0n) is 13.2. The number of halogens is 1. The van der Waals surface area contributed by atoms with E-state index in [9.17, 15) is 4.79 Å². The van der Waals surface area contributed by atoms with Crippen LogP contribution in [0.1, 0.15) is 18.5 Å². The summed E-state index contributed by atoms with van der Waals surface area (Å²) in [6.07, 6.45) is 0. The summed E-state index contributed by atoms with van der Waals surface area (Å²) in [5, 5.41) is 9.22. The van der Waals surface area contributed by atoms with E-state index in [2.05, 4.69) is 31.9 Å². The second-order valence-electron chi connectivity index (χ2n) is 4.88. The van der Waals surface area contributed by atoms with Gasteiger partial charge in [-0.25, -0.2) is 0 Å². The number of hydrogen-bond acceptors (Lipinski definition) is 4. The van der Waals surface area contributed by atoms with E-state index in [1.807, 2.05) is 13.0 Å². The summed E-state index contributed by atoms with van der Waals surface area (Å²) < 4.78 is 11.5. The number of likely N-dealkylation sites (N-methyl/N-ethyl adjacent to an activating group) is 1. The minimum atomic E-state index is -0.430. The van der Waals surface area contributed by atoms with E-state index in [0.717, 1.165) is 10.0 Å². The summed E-state index contributed by atoms with van der Waals surface area (Å²) in [7, 11) is 4.74. The van der Waals surface area contributed by atoms with Crippen molar-refractivity contribution in [3.63, 3.8) is 0 Å². The highest BCUT2D eigenvalue weighted by Gasteiger charge is 2.31. The van der Waals surface area contributed by atoms with Gasteiger partial charge in [0.05, 0.1) is 30.3 Å². The molecule has 0 aromatic heterocycles. The molecule has 1 atom stereocenters. The Labute approximate surface area is 148 Å². The smallest absolute Gasteiger partial charge is 0.251 e. The number of nitrogens with one attached hydrogen (secondary N) is 3. The molecule has 2 rings (SSSR count). The number of allylic oxidation sites excluding steroid dienone is 1. The van der Waals surface area contributed by atoms with Gasteiger partial charge in [-0.3, -0.25) is 4.79 Å². The number of carbonyl (C=O) groups is 1. The second-order valence-corrected chi connectivity index (χ2v) is 6.14. The Morgan fingerprint density at radius 2 is 1.96 bits per heavy atom. The highest BCUT2D eigenvalue weighted by molar-refractivity contribution is 9.10. The molecular formula is C15H18BrN3O3S. The van der Waals surface area contributed by atoms with Gasteiger partial charge in [-0.1, -0.05) is 0 Å². The largest absolute Gasteiger partial charge is 0.496 e. The van der Waals surface area contributed by atoms with Crippen molar-refractivity contribution in [3.8, 4) is 11.5 Å². The van der Waals surface area contributed by atoms with Crippen LogP contribution in [0.3, 0.4) is 0 Å². The average molecular weight is 400 g/mol. The molecule has 1 amide bonds. The maximum atomic E-state index is 12.3. The minimum Gasteiger partial charge on any atom is -0.496 e. The molecule has 1 aromatic rings. The molecule has 1 aromatic carbocycles. The third kappa shape index (κ3) is 3.42. The van der Waals surface area contributed by atoms with Gasteiger partial charge in [-0.2, -0.15) is 0 Å². The number of amides is 1. The van der Waals surface area contributed by atoms with E-state index in [1.54, 1.807) is 27.3 Å².